The number of carbonyl (C=O) groups is 1. The van der Waals surface area contributed by atoms with E-state index in [1.807, 2.05) is 24.5 Å². The molecular formula is C22H24N2O3S2. The minimum absolute atomic E-state index is 0.0705. The largest absolute Gasteiger partial charge is 0.312 e. The van der Waals surface area contributed by atoms with Gasteiger partial charge in [-0.25, -0.2) is 8.42 Å². The minimum Gasteiger partial charge on any atom is -0.312 e. The molecule has 7 heteroatoms. The summed E-state index contributed by atoms with van der Waals surface area (Å²) in [7, 11) is -3.38. The van der Waals surface area contributed by atoms with Crippen LogP contribution < -0.4 is 4.80 Å². The standard InChI is InChI=1S/C22H24N2O3S2/c1-4-11-24-19-14-16(2)13-17(3)21(19)28-22(24)23-20(25)10-12-29(26,27)15-18-8-6-5-7-9-18/h4-9,13-14H,1,10-12,15H2,2-3H3. The van der Waals surface area contributed by atoms with Gasteiger partial charge in [-0.05, 0) is 36.6 Å². The first-order chi connectivity index (χ1) is 13.8. The molecular weight excluding hydrogens is 404 g/mol. The van der Waals surface area contributed by atoms with E-state index in [1.165, 1.54) is 11.3 Å². The van der Waals surface area contributed by atoms with Crippen molar-refractivity contribution in [2.24, 2.45) is 4.99 Å². The monoisotopic (exact) mass is 428 g/mol. The van der Waals surface area contributed by atoms with Crippen LogP contribution in [0.25, 0.3) is 10.2 Å². The lowest BCUT2D eigenvalue weighted by Crippen LogP contribution is -2.18. The van der Waals surface area contributed by atoms with Crippen molar-refractivity contribution in [3.05, 3.63) is 76.6 Å². The summed E-state index contributed by atoms with van der Waals surface area (Å²) in [5.41, 5.74) is 3.99. The molecule has 0 N–H and O–H groups in total. The van der Waals surface area contributed by atoms with Gasteiger partial charge in [-0.15, -0.1) is 6.58 Å². The van der Waals surface area contributed by atoms with Crippen molar-refractivity contribution >= 4 is 37.3 Å². The number of amides is 1. The van der Waals surface area contributed by atoms with Gasteiger partial charge in [-0.1, -0.05) is 53.8 Å². The molecule has 0 unspecified atom stereocenters. The number of aromatic nitrogens is 1. The van der Waals surface area contributed by atoms with E-state index in [0.717, 1.165) is 26.9 Å². The molecule has 0 aliphatic rings. The quantitative estimate of drug-likeness (QED) is 0.535. The van der Waals surface area contributed by atoms with Crippen LogP contribution in [0.3, 0.4) is 0 Å². The molecule has 0 fully saturated rings. The molecule has 0 atom stereocenters. The second-order valence-electron chi connectivity index (χ2n) is 7.05. The third-order valence-corrected chi connectivity index (χ3v) is 7.33. The Hall–Kier alpha value is -2.51. The number of rotatable bonds is 7. The number of sulfone groups is 1. The average Bonchev–Trinajstić information content (AvgIpc) is 2.99. The topological polar surface area (TPSA) is 68.5 Å². The van der Waals surface area contributed by atoms with Gasteiger partial charge in [0.1, 0.15) is 0 Å². The highest BCUT2D eigenvalue weighted by molar-refractivity contribution is 7.90. The molecule has 0 radical (unpaired) electrons. The van der Waals surface area contributed by atoms with E-state index in [-0.39, 0.29) is 17.9 Å². The molecule has 3 rings (SSSR count). The van der Waals surface area contributed by atoms with Crippen LogP contribution in [-0.4, -0.2) is 24.6 Å². The predicted octanol–water partition coefficient (Wildman–Crippen LogP) is 3.94. The van der Waals surface area contributed by atoms with Crippen LogP contribution in [0.5, 0.6) is 0 Å². The summed E-state index contributed by atoms with van der Waals surface area (Å²) in [5, 5.41) is 0. The maximum absolute atomic E-state index is 12.4. The van der Waals surface area contributed by atoms with Crippen molar-refractivity contribution in [3.8, 4) is 0 Å². The molecule has 29 heavy (non-hydrogen) atoms. The van der Waals surface area contributed by atoms with Crippen LogP contribution in [0.15, 0.2) is 60.1 Å². The Morgan fingerprint density at radius 2 is 1.93 bits per heavy atom. The lowest BCUT2D eigenvalue weighted by molar-refractivity contribution is -0.117. The third kappa shape index (κ3) is 5.31. The number of thiazole rings is 1. The number of aryl methyl sites for hydroxylation is 2. The first-order valence-corrected chi connectivity index (χ1v) is 12.0. The van der Waals surface area contributed by atoms with E-state index >= 15 is 0 Å². The fourth-order valence-corrected chi connectivity index (χ4v) is 5.65. The number of nitrogens with zero attached hydrogens (tertiary/aromatic N) is 2. The van der Waals surface area contributed by atoms with Gasteiger partial charge < -0.3 is 4.57 Å². The molecule has 0 saturated heterocycles. The number of hydrogen-bond acceptors (Lipinski definition) is 4. The van der Waals surface area contributed by atoms with Crippen LogP contribution in [0.2, 0.25) is 0 Å². The molecule has 5 nitrogen and oxygen atoms in total. The van der Waals surface area contributed by atoms with E-state index in [9.17, 15) is 13.2 Å². The van der Waals surface area contributed by atoms with Gasteiger partial charge in [0.05, 0.1) is 21.7 Å². The maximum Gasteiger partial charge on any atom is 0.249 e. The Morgan fingerprint density at radius 1 is 1.21 bits per heavy atom. The van der Waals surface area contributed by atoms with Gasteiger partial charge in [0, 0.05) is 13.0 Å². The van der Waals surface area contributed by atoms with Crippen molar-refractivity contribution < 1.29 is 13.2 Å². The first-order valence-electron chi connectivity index (χ1n) is 9.32. The second-order valence-corrected chi connectivity index (χ2v) is 10.2. The normalized spacial score (nSPS) is 12.4. The lowest BCUT2D eigenvalue weighted by Gasteiger charge is -2.04. The molecule has 0 aliphatic carbocycles. The summed E-state index contributed by atoms with van der Waals surface area (Å²) < 4.78 is 27.7. The molecule has 0 spiro atoms. The summed E-state index contributed by atoms with van der Waals surface area (Å²) in [6.07, 6.45) is 1.63. The first kappa shape index (κ1) is 21.2. The zero-order valence-electron chi connectivity index (χ0n) is 16.6. The van der Waals surface area contributed by atoms with Crippen LogP contribution in [0.1, 0.15) is 23.1 Å². The van der Waals surface area contributed by atoms with Gasteiger partial charge in [-0.2, -0.15) is 4.99 Å². The van der Waals surface area contributed by atoms with E-state index in [1.54, 1.807) is 30.3 Å². The van der Waals surface area contributed by atoms with Gasteiger partial charge in [0.2, 0.25) is 5.91 Å². The Balaban J connectivity index is 1.83. The van der Waals surface area contributed by atoms with Crippen molar-refractivity contribution in [2.45, 2.75) is 32.6 Å². The van der Waals surface area contributed by atoms with Gasteiger partial charge in [0.15, 0.2) is 14.6 Å². The number of carbonyl (C=O) groups excluding carboxylic acids is 1. The van der Waals surface area contributed by atoms with E-state index in [4.69, 9.17) is 0 Å². The molecule has 1 aromatic heterocycles. The molecule has 1 amide bonds. The Labute approximate surface area is 175 Å². The van der Waals surface area contributed by atoms with Crippen molar-refractivity contribution in [2.75, 3.05) is 5.75 Å². The fourth-order valence-electron chi connectivity index (χ4n) is 3.21. The summed E-state index contributed by atoms with van der Waals surface area (Å²) in [6, 6.07) is 13.1. The van der Waals surface area contributed by atoms with E-state index < -0.39 is 15.7 Å². The third-order valence-electron chi connectivity index (χ3n) is 4.50. The smallest absolute Gasteiger partial charge is 0.249 e. The summed E-state index contributed by atoms with van der Waals surface area (Å²) in [5.74, 6) is -0.714. The second kappa shape index (κ2) is 8.88. The van der Waals surface area contributed by atoms with Crippen molar-refractivity contribution in [1.82, 2.24) is 4.57 Å². The Morgan fingerprint density at radius 3 is 2.62 bits per heavy atom. The molecule has 0 aliphatic heterocycles. The highest BCUT2D eigenvalue weighted by Gasteiger charge is 2.15. The Kier molecular flexibility index (Phi) is 6.49. The summed E-state index contributed by atoms with van der Waals surface area (Å²) >= 11 is 1.44. The van der Waals surface area contributed by atoms with Crippen LogP contribution in [-0.2, 0) is 26.9 Å². The van der Waals surface area contributed by atoms with Gasteiger partial charge in [-0.3, -0.25) is 4.79 Å². The molecule has 152 valence electrons. The molecule has 0 bridgehead atoms. The zero-order valence-corrected chi connectivity index (χ0v) is 18.2. The van der Waals surface area contributed by atoms with Crippen LogP contribution in [0, 0.1) is 13.8 Å². The van der Waals surface area contributed by atoms with Gasteiger partial charge in [0.25, 0.3) is 0 Å². The number of allylic oxidation sites excluding steroid dienone is 1. The van der Waals surface area contributed by atoms with Crippen molar-refractivity contribution in [1.29, 1.82) is 0 Å². The SMILES string of the molecule is C=CCn1c(=NC(=O)CCS(=O)(=O)Cc2ccccc2)sc2c(C)cc(C)cc21. The van der Waals surface area contributed by atoms with Gasteiger partial charge >= 0.3 is 0 Å². The van der Waals surface area contributed by atoms with Crippen molar-refractivity contribution in [3.63, 3.8) is 0 Å². The molecule has 2 aromatic carbocycles. The molecule has 3 aromatic rings. The van der Waals surface area contributed by atoms with Crippen LogP contribution >= 0.6 is 11.3 Å². The molecule has 0 saturated carbocycles. The summed E-state index contributed by atoms with van der Waals surface area (Å²) in [4.78, 5) is 17.2. The number of benzene rings is 2. The zero-order chi connectivity index (χ0) is 21.0. The van der Waals surface area contributed by atoms with E-state index in [0.29, 0.717) is 11.3 Å². The highest BCUT2D eigenvalue weighted by Crippen LogP contribution is 2.23. The number of hydrogen-bond donors (Lipinski definition) is 0. The average molecular weight is 429 g/mol. The molecule has 1 heterocycles. The Bertz CT molecular complexity index is 1220. The maximum atomic E-state index is 12.4. The van der Waals surface area contributed by atoms with Crippen LogP contribution in [0.4, 0.5) is 0 Å². The number of fused-ring (bicyclic) bond motifs is 1. The summed E-state index contributed by atoms with van der Waals surface area (Å²) in [6.45, 7) is 8.39. The van der Waals surface area contributed by atoms with E-state index in [2.05, 4.69) is 23.7 Å². The fraction of sp³-hybridized carbons (Fsp3) is 0.273. The minimum atomic E-state index is -3.38. The predicted molar refractivity (Wildman–Crippen MR) is 119 cm³/mol. The lowest BCUT2D eigenvalue weighted by atomic mass is 10.1. The highest BCUT2D eigenvalue weighted by atomic mass is 32.2.